The normalized spacial score (nSPS) is 14.6. The van der Waals surface area contributed by atoms with Gasteiger partial charge in [0.05, 0.1) is 6.61 Å². The highest BCUT2D eigenvalue weighted by atomic mass is 16.3. The van der Waals surface area contributed by atoms with Gasteiger partial charge in [-0.25, -0.2) is 9.97 Å². The maximum Gasteiger partial charge on any atom is 0.130 e. The quantitative estimate of drug-likeness (QED) is 0.680. The number of nitrogens with zero attached hydrogens (tertiary/aromatic N) is 2. The van der Waals surface area contributed by atoms with E-state index in [4.69, 9.17) is 5.11 Å². The minimum absolute atomic E-state index is 0.253. The average molecular weight is 225 g/mol. The lowest BCUT2D eigenvalue weighted by Crippen LogP contribution is -2.37. The van der Waals surface area contributed by atoms with Crippen LogP contribution in [0.1, 0.15) is 25.4 Å². The molecule has 0 spiro atoms. The van der Waals surface area contributed by atoms with Crippen molar-refractivity contribution < 1.29 is 10.2 Å². The lowest BCUT2D eigenvalue weighted by atomic mass is 10.1. The highest BCUT2D eigenvalue weighted by Crippen LogP contribution is 2.09. The second kappa shape index (κ2) is 5.23. The minimum atomic E-state index is -1.13. The maximum atomic E-state index is 9.62. The molecular formula is C11H19N3O2. The SMILES string of the molecule is CCc1cc(NCC(C)(O)CO)nc(C)n1. The van der Waals surface area contributed by atoms with Crippen molar-refractivity contribution in [3.63, 3.8) is 0 Å². The van der Waals surface area contributed by atoms with Crippen molar-refractivity contribution in [2.45, 2.75) is 32.8 Å². The van der Waals surface area contributed by atoms with E-state index >= 15 is 0 Å². The molecule has 0 amide bonds. The molecule has 1 rings (SSSR count). The number of aliphatic hydroxyl groups is 2. The second-order valence-electron chi connectivity index (χ2n) is 4.15. The topological polar surface area (TPSA) is 78.3 Å². The smallest absolute Gasteiger partial charge is 0.130 e. The monoisotopic (exact) mass is 225 g/mol. The summed E-state index contributed by atoms with van der Waals surface area (Å²) in [6, 6.07) is 1.85. The molecule has 1 heterocycles. The zero-order chi connectivity index (χ0) is 12.2. The zero-order valence-corrected chi connectivity index (χ0v) is 9.99. The Morgan fingerprint density at radius 1 is 1.44 bits per heavy atom. The fourth-order valence-electron chi connectivity index (χ4n) is 1.24. The Morgan fingerprint density at radius 2 is 2.12 bits per heavy atom. The van der Waals surface area contributed by atoms with E-state index in [2.05, 4.69) is 15.3 Å². The predicted octanol–water partition coefficient (Wildman–Crippen LogP) is 0.503. The standard InChI is InChI=1S/C11H19N3O2/c1-4-9-5-10(14-8(2)13-9)12-6-11(3,16)7-15/h5,15-16H,4,6-7H2,1-3H3,(H,12,13,14). The van der Waals surface area contributed by atoms with Crippen molar-refractivity contribution >= 4 is 5.82 Å². The van der Waals surface area contributed by atoms with Gasteiger partial charge in [0.1, 0.15) is 17.2 Å². The fourth-order valence-corrected chi connectivity index (χ4v) is 1.24. The Balaban J connectivity index is 2.70. The van der Waals surface area contributed by atoms with Crippen LogP contribution in [0, 0.1) is 6.92 Å². The number of nitrogens with one attached hydrogen (secondary N) is 1. The van der Waals surface area contributed by atoms with E-state index in [1.54, 1.807) is 6.92 Å². The Bertz CT molecular complexity index is 353. The first-order valence-electron chi connectivity index (χ1n) is 5.38. The highest BCUT2D eigenvalue weighted by Gasteiger charge is 2.18. The van der Waals surface area contributed by atoms with Crippen LogP contribution in [-0.2, 0) is 6.42 Å². The van der Waals surface area contributed by atoms with E-state index in [1.807, 2.05) is 19.9 Å². The first-order chi connectivity index (χ1) is 7.46. The van der Waals surface area contributed by atoms with Crippen LogP contribution in [-0.4, -0.2) is 38.9 Å². The third-order valence-corrected chi connectivity index (χ3v) is 2.24. The van der Waals surface area contributed by atoms with E-state index in [0.29, 0.717) is 11.6 Å². The minimum Gasteiger partial charge on any atom is -0.393 e. The molecule has 0 radical (unpaired) electrons. The van der Waals surface area contributed by atoms with E-state index in [-0.39, 0.29) is 13.2 Å². The molecule has 1 unspecified atom stereocenters. The summed E-state index contributed by atoms with van der Waals surface area (Å²) in [6.45, 7) is 5.38. The van der Waals surface area contributed by atoms with Crippen molar-refractivity contribution in [1.82, 2.24) is 9.97 Å². The van der Waals surface area contributed by atoms with Crippen LogP contribution >= 0.6 is 0 Å². The van der Waals surface area contributed by atoms with Gasteiger partial charge in [0, 0.05) is 18.3 Å². The average Bonchev–Trinajstić information content (AvgIpc) is 2.26. The molecule has 0 fully saturated rings. The van der Waals surface area contributed by atoms with Gasteiger partial charge >= 0.3 is 0 Å². The molecule has 0 aliphatic rings. The van der Waals surface area contributed by atoms with Crippen molar-refractivity contribution in [2.75, 3.05) is 18.5 Å². The third kappa shape index (κ3) is 3.75. The molecule has 5 nitrogen and oxygen atoms in total. The Kier molecular flexibility index (Phi) is 4.20. The Hall–Kier alpha value is -1.20. The van der Waals surface area contributed by atoms with Crippen LogP contribution in [0.15, 0.2) is 6.07 Å². The molecule has 0 aromatic carbocycles. The molecule has 0 bridgehead atoms. The van der Waals surface area contributed by atoms with E-state index in [9.17, 15) is 5.11 Å². The highest BCUT2D eigenvalue weighted by molar-refractivity contribution is 5.36. The van der Waals surface area contributed by atoms with Gasteiger partial charge in [-0.15, -0.1) is 0 Å². The van der Waals surface area contributed by atoms with Crippen LogP contribution in [0.5, 0.6) is 0 Å². The summed E-state index contributed by atoms with van der Waals surface area (Å²) < 4.78 is 0. The summed E-state index contributed by atoms with van der Waals surface area (Å²) in [5, 5.41) is 21.5. The van der Waals surface area contributed by atoms with Crippen LogP contribution in [0.25, 0.3) is 0 Å². The number of hydrogen-bond donors (Lipinski definition) is 3. The molecule has 1 atom stereocenters. The van der Waals surface area contributed by atoms with Crippen molar-refractivity contribution in [3.8, 4) is 0 Å². The second-order valence-corrected chi connectivity index (χ2v) is 4.15. The maximum absolute atomic E-state index is 9.62. The summed E-state index contributed by atoms with van der Waals surface area (Å²) in [4.78, 5) is 8.46. The number of anilines is 1. The van der Waals surface area contributed by atoms with Crippen LogP contribution < -0.4 is 5.32 Å². The van der Waals surface area contributed by atoms with Crippen LogP contribution in [0.4, 0.5) is 5.82 Å². The van der Waals surface area contributed by atoms with Crippen LogP contribution in [0.2, 0.25) is 0 Å². The zero-order valence-electron chi connectivity index (χ0n) is 9.99. The number of hydrogen-bond acceptors (Lipinski definition) is 5. The summed E-state index contributed by atoms with van der Waals surface area (Å²) in [5.41, 5.74) is -0.177. The lowest BCUT2D eigenvalue weighted by molar-refractivity contribution is 0.0131. The molecule has 1 aromatic rings. The molecule has 16 heavy (non-hydrogen) atoms. The summed E-state index contributed by atoms with van der Waals surface area (Å²) in [5.74, 6) is 1.38. The number of aliphatic hydroxyl groups excluding tert-OH is 1. The molecular weight excluding hydrogens is 206 g/mol. The molecule has 0 aliphatic heterocycles. The van der Waals surface area contributed by atoms with Crippen LogP contribution in [0.3, 0.4) is 0 Å². The van der Waals surface area contributed by atoms with Gasteiger partial charge in [-0.3, -0.25) is 0 Å². The van der Waals surface area contributed by atoms with Crippen molar-refractivity contribution in [3.05, 3.63) is 17.6 Å². The number of rotatable bonds is 5. The molecule has 3 N–H and O–H groups in total. The predicted molar refractivity (Wildman–Crippen MR) is 62.3 cm³/mol. The van der Waals surface area contributed by atoms with Gasteiger partial charge in [0.15, 0.2) is 0 Å². The van der Waals surface area contributed by atoms with E-state index in [0.717, 1.165) is 12.1 Å². The molecule has 1 aromatic heterocycles. The molecule has 0 saturated heterocycles. The van der Waals surface area contributed by atoms with Crippen molar-refractivity contribution in [2.24, 2.45) is 0 Å². The molecule has 0 saturated carbocycles. The molecule has 5 heteroatoms. The summed E-state index contributed by atoms with van der Waals surface area (Å²) in [7, 11) is 0. The van der Waals surface area contributed by atoms with E-state index < -0.39 is 5.60 Å². The summed E-state index contributed by atoms with van der Waals surface area (Å²) >= 11 is 0. The third-order valence-electron chi connectivity index (χ3n) is 2.24. The van der Waals surface area contributed by atoms with Gasteiger partial charge in [-0.2, -0.15) is 0 Å². The number of aryl methyl sites for hydroxylation is 2. The first-order valence-corrected chi connectivity index (χ1v) is 5.38. The summed E-state index contributed by atoms with van der Waals surface area (Å²) in [6.07, 6.45) is 0.842. The lowest BCUT2D eigenvalue weighted by Gasteiger charge is -2.21. The molecule has 0 aliphatic carbocycles. The van der Waals surface area contributed by atoms with E-state index in [1.165, 1.54) is 0 Å². The largest absolute Gasteiger partial charge is 0.393 e. The van der Waals surface area contributed by atoms with Gasteiger partial charge in [-0.05, 0) is 20.3 Å². The van der Waals surface area contributed by atoms with Gasteiger partial charge in [0.25, 0.3) is 0 Å². The Labute approximate surface area is 95.6 Å². The van der Waals surface area contributed by atoms with Crippen molar-refractivity contribution in [1.29, 1.82) is 0 Å². The first kappa shape index (κ1) is 12.9. The Morgan fingerprint density at radius 3 is 2.69 bits per heavy atom. The fraction of sp³-hybridized carbons (Fsp3) is 0.636. The van der Waals surface area contributed by atoms with Gasteiger partial charge in [0.2, 0.25) is 0 Å². The van der Waals surface area contributed by atoms with Gasteiger partial charge in [-0.1, -0.05) is 6.92 Å². The van der Waals surface area contributed by atoms with Gasteiger partial charge < -0.3 is 15.5 Å². The molecule has 90 valence electrons. The number of aromatic nitrogens is 2.